The summed E-state index contributed by atoms with van der Waals surface area (Å²) in [5, 5.41) is 4.58. The molecule has 1 aliphatic rings. The van der Waals surface area contributed by atoms with E-state index in [0.717, 1.165) is 11.3 Å². The Bertz CT molecular complexity index is 1090. The first kappa shape index (κ1) is 17.4. The van der Waals surface area contributed by atoms with Gasteiger partial charge in [0.05, 0.1) is 12.5 Å². The molecule has 2 amide bonds. The molecule has 0 bridgehead atoms. The number of anilines is 1. The van der Waals surface area contributed by atoms with Gasteiger partial charge in [-0.25, -0.2) is 4.39 Å². The van der Waals surface area contributed by atoms with Gasteiger partial charge in [0.15, 0.2) is 4.80 Å². The number of fused-ring (bicyclic) bond motifs is 1. The molecule has 7 heteroatoms. The van der Waals surface area contributed by atoms with Gasteiger partial charge in [0, 0.05) is 29.2 Å². The maximum Gasteiger partial charge on any atom is 0.249 e. The van der Waals surface area contributed by atoms with E-state index in [1.54, 1.807) is 34.3 Å². The third-order valence-electron chi connectivity index (χ3n) is 4.47. The van der Waals surface area contributed by atoms with Crippen molar-refractivity contribution in [3.8, 4) is 0 Å². The third kappa shape index (κ3) is 3.59. The van der Waals surface area contributed by atoms with Crippen LogP contribution in [0.15, 0.2) is 65.1 Å². The van der Waals surface area contributed by atoms with E-state index in [1.807, 2.05) is 24.3 Å². The largest absolute Gasteiger partial charge is 0.325 e. The standard InChI is InChI=1S/C20H16FN3O2S/c21-16-7-3-1-5-13(16)12-24-9-10-27-20(24)23-18(25)11-15-14-6-2-4-8-17(14)22-19(15)26/h1-10,15H,11-12H2,(H,22,26). The highest BCUT2D eigenvalue weighted by Crippen LogP contribution is 2.34. The Morgan fingerprint density at radius 1 is 1.19 bits per heavy atom. The van der Waals surface area contributed by atoms with Gasteiger partial charge in [0.25, 0.3) is 0 Å². The van der Waals surface area contributed by atoms with Crippen molar-refractivity contribution in [3.63, 3.8) is 0 Å². The number of aromatic nitrogens is 1. The first-order chi connectivity index (χ1) is 13.1. The number of thiazole rings is 1. The van der Waals surface area contributed by atoms with Crippen LogP contribution in [-0.2, 0) is 16.1 Å². The molecule has 1 aromatic heterocycles. The number of benzene rings is 2. The van der Waals surface area contributed by atoms with Gasteiger partial charge in [-0.15, -0.1) is 11.3 Å². The smallest absolute Gasteiger partial charge is 0.249 e. The van der Waals surface area contributed by atoms with Crippen molar-refractivity contribution < 1.29 is 14.0 Å². The van der Waals surface area contributed by atoms with E-state index in [-0.39, 0.29) is 30.6 Å². The topological polar surface area (TPSA) is 63.5 Å². The molecule has 4 rings (SSSR count). The number of halogens is 1. The van der Waals surface area contributed by atoms with E-state index in [4.69, 9.17) is 0 Å². The third-order valence-corrected chi connectivity index (χ3v) is 5.26. The van der Waals surface area contributed by atoms with Gasteiger partial charge in [0.2, 0.25) is 11.8 Å². The van der Waals surface area contributed by atoms with Crippen LogP contribution in [0.1, 0.15) is 23.5 Å². The van der Waals surface area contributed by atoms with Crippen LogP contribution in [0, 0.1) is 5.82 Å². The molecule has 0 radical (unpaired) electrons. The Labute approximate surface area is 158 Å². The number of nitrogens with one attached hydrogen (secondary N) is 1. The summed E-state index contributed by atoms with van der Waals surface area (Å²) in [5.41, 5.74) is 2.08. The lowest BCUT2D eigenvalue weighted by molar-refractivity contribution is -0.123. The minimum Gasteiger partial charge on any atom is -0.325 e. The molecule has 2 heterocycles. The zero-order chi connectivity index (χ0) is 18.8. The number of nitrogens with zero attached hydrogens (tertiary/aromatic N) is 2. The Hall–Kier alpha value is -3.06. The van der Waals surface area contributed by atoms with Crippen LogP contribution in [0.5, 0.6) is 0 Å². The van der Waals surface area contributed by atoms with E-state index in [1.165, 1.54) is 17.4 Å². The Morgan fingerprint density at radius 2 is 1.96 bits per heavy atom. The molecule has 0 saturated heterocycles. The van der Waals surface area contributed by atoms with Crippen LogP contribution in [0.3, 0.4) is 0 Å². The summed E-state index contributed by atoms with van der Waals surface area (Å²) >= 11 is 1.30. The van der Waals surface area contributed by atoms with Gasteiger partial charge >= 0.3 is 0 Å². The van der Waals surface area contributed by atoms with Crippen molar-refractivity contribution in [3.05, 3.63) is 81.9 Å². The van der Waals surface area contributed by atoms with Crippen LogP contribution in [0.4, 0.5) is 10.1 Å². The molecular formula is C20H16FN3O2S. The normalized spacial score (nSPS) is 16.3. The monoisotopic (exact) mass is 381 g/mol. The van der Waals surface area contributed by atoms with E-state index in [9.17, 15) is 14.0 Å². The number of carbonyl (C=O) groups is 2. The Kier molecular flexibility index (Phi) is 4.68. The molecule has 1 atom stereocenters. The van der Waals surface area contributed by atoms with E-state index in [0.29, 0.717) is 10.4 Å². The van der Waals surface area contributed by atoms with Crippen molar-refractivity contribution in [2.45, 2.75) is 18.9 Å². The van der Waals surface area contributed by atoms with Gasteiger partial charge in [-0.3, -0.25) is 9.59 Å². The van der Waals surface area contributed by atoms with Gasteiger partial charge in [-0.2, -0.15) is 4.99 Å². The van der Waals surface area contributed by atoms with Crippen LogP contribution in [-0.4, -0.2) is 16.4 Å². The van der Waals surface area contributed by atoms with E-state index < -0.39 is 5.92 Å². The predicted octanol–water partition coefficient (Wildman–Crippen LogP) is 3.29. The maximum absolute atomic E-state index is 13.9. The van der Waals surface area contributed by atoms with Crippen molar-refractivity contribution >= 4 is 28.8 Å². The van der Waals surface area contributed by atoms with Crippen LogP contribution in [0.25, 0.3) is 0 Å². The fourth-order valence-electron chi connectivity index (χ4n) is 3.12. The highest BCUT2D eigenvalue weighted by atomic mass is 32.1. The van der Waals surface area contributed by atoms with Gasteiger partial charge in [-0.05, 0) is 17.7 Å². The van der Waals surface area contributed by atoms with E-state index >= 15 is 0 Å². The molecule has 1 N–H and O–H groups in total. The summed E-state index contributed by atoms with van der Waals surface area (Å²) in [5.74, 6) is -1.40. The van der Waals surface area contributed by atoms with Crippen molar-refractivity contribution in [2.75, 3.05) is 5.32 Å². The lowest BCUT2D eigenvalue weighted by atomic mass is 9.97. The zero-order valence-corrected chi connectivity index (χ0v) is 15.1. The minimum absolute atomic E-state index is 0.000441. The molecule has 0 saturated carbocycles. The molecule has 27 heavy (non-hydrogen) atoms. The first-order valence-electron chi connectivity index (χ1n) is 8.46. The summed E-state index contributed by atoms with van der Waals surface area (Å²) < 4.78 is 15.6. The molecule has 1 aliphatic heterocycles. The SMILES string of the molecule is O=C(CC1C(=O)Nc2ccccc21)N=c1sccn1Cc1ccccc1F. The predicted molar refractivity (Wildman–Crippen MR) is 101 cm³/mol. The number of amides is 2. The highest BCUT2D eigenvalue weighted by Gasteiger charge is 2.31. The molecule has 0 aliphatic carbocycles. The highest BCUT2D eigenvalue weighted by molar-refractivity contribution is 7.07. The molecule has 1 unspecified atom stereocenters. The first-order valence-corrected chi connectivity index (χ1v) is 9.34. The number of para-hydroxylation sites is 1. The summed E-state index contributed by atoms with van der Waals surface area (Å²) in [4.78, 5) is 29.3. The average molecular weight is 381 g/mol. The van der Waals surface area contributed by atoms with E-state index in [2.05, 4.69) is 10.3 Å². The molecule has 2 aromatic carbocycles. The summed E-state index contributed by atoms with van der Waals surface area (Å²) in [6, 6.07) is 13.8. The molecule has 5 nitrogen and oxygen atoms in total. The molecule has 0 fully saturated rings. The van der Waals surface area contributed by atoms with Crippen LogP contribution < -0.4 is 10.1 Å². The van der Waals surface area contributed by atoms with Crippen LogP contribution >= 0.6 is 11.3 Å². The van der Waals surface area contributed by atoms with Gasteiger partial charge < -0.3 is 9.88 Å². The maximum atomic E-state index is 13.9. The molecular weight excluding hydrogens is 365 g/mol. The van der Waals surface area contributed by atoms with Crippen molar-refractivity contribution in [2.24, 2.45) is 4.99 Å². The summed E-state index contributed by atoms with van der Waals surface area (Å²) in [7, 11) is 0. The summed E-state index contributed by atoms with van der Waals surface area (Å²) in [6.45, 7) is 0.287. The molecule has 3 aromatic rings. The fourth-order valence-corrected chi connectivity index (χ4v) is 3.87. The molecule has 136 valence electrons. The van der Waals surface area contributed by atoms with Gasteiger partial charge in [-0.1, -0.05) is 36.4 Å². The van der Waals surface area contributed by atoms with Crippen molar-refractivity contribution in [1.29, 1.82) is 0 Å². The molecule has 0 spiro atoms. The second kappa shape index (κ2) is 7.28. The average Bonchev–Trinajstić information content (AvgIpc) is 3.21. The van der Waals surface area contributed by atoms with Gasteiger partial charge in [0.1, 0.15) is 5.82 Å². The lowest BCUT2D eigenvalue weighted by Gasteiger charge is -2.06. The fraction of sp³-hybridized carbons (Fsp3) is 0.150. The minimum atomic E-state index is -0.530. The van der Waals surface area contributed by atoms with Crippen molar-refractivity contribution in [1.82, 2.24) is 4.57 Å². The zero-order valence-electron chi connectivity index (χ0n) is 14.3. The second-order valence-corrected chi connectivity index (χ2v) is 7.12. The lowest BCUT2D eigenvalue weighted by Crippen LogP contribution is -2.20. The number of carbonyl (C=O) groups excluding carboxylic acids is 2. The number of hydrogen-bond donors (Lipinski definition) is 1. The second-order valence-electron chi connectivity index (χ2n) is 6.24. The quantitative estimate of drug-likeness (QED) is 0.754. The number of rotatable bonds is 4. The number of hydrogen-bond acceptors (Lipinski definition) is 3. The Balaban J connectivity index is 1.55. The Morgan fingerprint density at radius 3 is 2.81 bits per heavy atom. The summed E-state index contributed by atoms with van der Waals surface area (Å²) in [6.07, 6.45) is 1.77. The van der Waals surface area contributed by atoms with Crippen LogP contribution in [0.2, 0.25) is 0 Å².